The van der Waals surface area contributed by atoms with Gasteiger partial charge in [0, 0.05) is 40.0 Å². The van der Waals surface area contributed by atoms with Crippen LogP contribution in [0.25, 0.3) is 22.1 Å². The molecule has 0 spiro atoms. The minimum Gasteiger partial charge on any atom is -0.512 e. The molecule has 0 aromatic carbocycles. The standard InChI is InChI=1S/C10H7N3O2.C9H7BrN2O2.2CN.CH4.Zn/c1-15-10(14)8-5-13-9-7(8)2-6(3-11)4-12-9;1-14-9(13)7-4-12-8-6(7)2-5(10)3-11-8;2*1-2;;/h2,4-5H,1H3,(H,12,13);2-4H,1H3,(H,11,12);;;1H4;/q;;2*-1;;+2. The molecule has 4 aromatic heterocycles. The number of nitrogens with zero attached hydrogens (tertiary/aromatic N) is 5. The Morgan fingerprint density at radius 1 is 0.914 bits per heavy atom. The first-order chi connectivity index (χ1) is 16.0. The number of nitrogens with one attached hydrogen (secondary N) is 2. The largest absolute Gasteiger partial charge is 2.00 e. The number of hydrogen-bond acceptors (Lipinski definition) is 9. The molecule has 0 aliphatic rings. The molecule has 35 heavy (non-hydrogen) atoms. The fourth-order valence-corrected chi connectivity index (χ4v) is 2.93. The fraction of sp³-hybridized carbons (Fsp3) is 0.136. The van der Waals surface area contributed by atoms with Crippen LogP contribution >= 0.6 is 15.9 Å². The van der Waals surface area contributed by atoms with E-state index in [4.69, 9.17) is 28.9 Å². The van der Waals surface area contributed by atoms with E-state index in [0.717, 1.165) is 9.86 Å². The van der Waals surface area contributed by atoms with E-state index in [0.29, 0.717) is 33.4 Å². The van der Waals surface area contributed by atoms with Gasteiger partial charge in [-0.15, -0.1) is 0 Å². The zero-order chi connectivity index (χ0) is 25.0. The Morgan fingerprint density at radius 3 is 1.77 bits per heavy atom. The Morgan fingerprint density at radius 2 is 1.34 bits per heavy atom. The number of carbonyl (C=O) groups is 2. The molecule has 0 atom stereocenters. The maximum atomic E-state index is 11.3. The monoisotopic (exact) mass is 587 g/mol. The molecule has 0 aliphatic heterocycles. The first-order valence-corrected chi connectivity index (χ1v) is 9.39. The summed E-state index contributed by atoms with van der Waals surface area (Å²) in [5.74, 6) is -0.811. The molecule has 0 saturated carbocycles. The van der Waals surface area contributed by atoms with Gasteiger partial charge in [0.25, 0.3) is 0 Å². The summed E-state index contributed by atoms with van der Waals surface area (Å²) >= 11 is 3.29. The Kier molecular flexibility index (Phi) is 15.6. The summed E-state index contributed by atoms with van der Waals surface area (Å²) in [7, 11) is 2.66. The predicted octanol–water partition coefficient (Wildman–Crippen LogP) is 4.16. The molecule has 4 heterocycles. The normalized spacial score (nSPS) is 8.51. The molecule has 0 unspecified atom stereocenters. The number of methoxy groups -OCH3 is 2. The summed E-state index contributed by atoms with van der Waals surface area (Å²) in [5, 5.41) is 22.6. The Bertz CT molecular complexity index is 1350. The molecular weight excluding hydrogens is 572 g/mol. The number of nitriles is 1. The van der Waals surface area contributed by atoms with E-state index < -0.39 is 5.97 Å². The van der Waals surface area contributed by atoms with Crippen molar-refractivity contribution in [2.75, 3.05) is 14.2 Å². The molecule has 0 radical (unpaired) electrons. The number of aromatic amines is 2. The van der Waals surface area contributed by atoms with Crippen LogP contribution in [0.2, 0.25) is 0 Å². The molecule has 0 fully saturated rings. The number of hydrogen-bond donors (Lipinski definition) is 2. The number of halogens is 1. The van der Waals surface area contributed by atoms with Gasteiger partial charge >= 0.3 is 31.4 Å². The van der Waals surface area contributed by atoms with Gasteiger partial charge in [0.1, 0.15) is 17.4 Å². The molecule has 0 saturated heterocycles. The van der Waals surface area contributed by atoms with Crippen molar-refractivity contribution in [2.24, 2.45) is 0 Å². The van der Waals surface area contributed by atoms with Crippen LogP contribution in [0.1, 0.15) is 33.7 Å². The van der Waals surface area contributed by atoms with Gasteiger partial charge in [0.15, 0.2) is 0 Å². The maximum absolute atomic E-state index is 11.3. The summed E-state index contributed by atoms with van der Waals surface area (Å²) in [6.07, 6.45) is 6.22. The third-order valence-electron chi connectivity index (χ3n) is 3.97. The Balaban J connectivity index is 0. The zero-order valence-electron chi connectivity index (χ0n) is 17.9. The summed E-state index contributed by atoms with van der Waals surface area (Å²) in [6.45, 7) is 9.50. The summed E-state index contributed by atoms with van der Waals surface area (Å²) in [4.78, 5) is 36.5. The first-order valence-electron chi connectivity index (χ1n) is 8.59. The van der Waals surface area contributed by atoms with Crippen LogP contribution in [-0.2, 0) is 29.0 Å². The van der Waals surface area contributed by atoms with Crippen LogP contribution in [0.5, 0.6) is 0 Å². The molecule has 11 nitrogen and oxygen atoms in total. The number of fused-ring (bicyclic) bond motifs is 2. The topological polar surface area (TPSA) is 181 Å². The second-order valence-electron chi connectivity index (χ2n) is 5.67. The summed E-state index contributed by atoms with van der Waals surface area (Å²) in [6, 6.07) is 5.39. The molecule has 4 aromatic rings. The number of rotatable bonds is 2. The van der Waals surface area contributed by atoms with Gasteiger partial charge in [-0.1, -0.05) is 7.43 Å². The SMILES string of the molecule is C.COC(=O)c1c[nH]c2ncc(Br)cc12.COC(=O)c1c[nH]c2ncc(C#N)cc12.[C-]#N.[C-]#N.[Zn+2]. The Hall–Kier alpha value is -4.11. The molecule has 0 amide bonds. The number of H-pyrrole nitrogens is 2. The number of aromatic nitrogens is 4. The zero-order valence-corrected chi connectivity index (χ0v) is 22.5. The van der Waals surface area contributed by atoms with Crippen LogP contribution in [0.4, 0.5) is 0 Å². The third kappa shape index (κ3) is 8.01. The number of pyridine rings is 2. The van der Waals surface area contributed by atoms with Gasteiger partial charge in [-0.25, -0.2) is 19.6 Å². The number of ether oxygens (including phenoxy) is 2. The molecule has 2 N–H and O–H groups in total. The average Bonchev–Trinajstić information content (AvgIpc) is 3.49. The minimum absolute atomic E-state index is 0. The van der Waals surface area contributed by atoms with E-state index in [1.165, 1.54) is 26.6 Å². The van der Waals surface area contributed by atoms with E-state index in [-0.39, 0.29) is 32.9 Å². The van der Waals surface area contributed by atoms with Crippen LogP contribution in [0, 0.1) is 35.0 Å². The Labute approximate surface area is 222 Å². The van der Waals surface area contributed by atoms with Gasteiger partial charge < -0.3 is 43.1 Å². The van der Waals surface area contributed by atoms with Crippen molar-refractivity contribution >= 4 is 49.9 Å². The fourth-order valence-electron chi connectivity index (χ4n) is 2.60. The molecule has 4 rings (SSSR count). The van der Waals surface area contributed by atoms with Crippen molar-refractivity contribution in [1.29, 1.82) is 15.8 Å². The van der Waals surface area contributed by atoms with E-state index in [9.17, 15) is 9.59 Å². The molecule has 0 aliphatic carbocycles. The van der Waals surface area contributed by atoms with Gasteiger partial charge in [-0.05, 0) is 28.1 Å². The molecule has 0 bridgehead atoms. The van der Waals surface area contributed by atoms with Crippen molar-refractivity contribution in [2.45, 2.75) is 7.43 Å². The maximum Gasteiger partial charge on any atom is 2.00 e. The van der Waals surface area contributed by atoms with Crippen molar-refractivity contribution in [3.05, 3.63) is 71.2 Å². The van der Waals surface area contributed by atoms with Gasteiger partial charge in [-0.3, -0.25) is 0 Å². The van der Waals surface area contributed by atoms with Crippen LogP contribution in [-0.4, -0.2) is 46.1 Å². The van der Waals surface area contributed by atoms with E-state index in [1.54, 1.807) is 18.5 Å². The molecular formula is C22H18BrN7O4Zn. The second kappa shape index (κ2) is 16.5. The van der Waals surface area contributed by atoms with E-state index in [2.05, 4.69) is 45.3 Å². The number of esters is 2. The quantitative estimate of drug-likeness (QED) is 0.197. The van der Waals surface area contributed by atoms with Crippen molar-refractivity contribution < 1.29 is 38.5 Å². The summed E-state index contributed by atoms with van der Waals surface area (Å²) in [5.41, 5.74) is 2.53. The van der Waals surface area contributed by atoms with Crippen LogP contribution in [0.3, 0.4) is 0 Å². The summed E-state index contributed by atoms with van der Waals surface area (Å²) < 4.78 is 10.1. The van der Waals surface area contributed by atoms with Crippen LogP contribution < -0.4 is 0 Å². The van der Waals surface area contributed by atoms with E-state index >= 15 is 0 Å². The third-order valence-corrected chi connectivity index (χ3v) is 4.40. The van der Waals surface area contributed by atoms with Crippen molar-refractivity contribution in [1.82, 2.24) is 19.9 Å². The van der Waals surface area contributed by atoms with Crippen LogP contribution in [0.15, 0.2) is 41.4 Å². The second-order valence-corrected chi connectivity index (χ2v) is 6.59. The van der Waals surface area contributed by atoms with E-state index in [1.807, 2.05) is 12.1 Å². The van der Waals surface area contributed by atoms with Gasteiger partial charge in [0.05, 0.1) is 30.9 Å². The van der Waals surface area contributed by atoms with Gasteiger partial charge in [0.2, 0.25) is 0 Å². The van der Waals surface area contributed by atoms with Gasteiger partial charge in [-0.2, -0.15) is 5.26 Å². The van der Waals surface area contributed by atoms with Crippen molar-refractivity contribution in [3.63, 3.8) is 0 Å². The smallest absolute Gasteiger partial charge is 0.512 e. The van der Waals surface area contributed by atoms with Crippen molar-refractivity contribution in [3.8, 4) is 6.07 Å². The molecule has 174 valence electrons. The number of carbonyl (C=O) groups excluding carboxylic acids is 2. The average molecular weight is 590 g/mol. The molecule has 13 heteroatoms. The minimum atomic E-state index is -0.446. The predicted molar refractivity (Wildman–Crippen MR) is 124 cm³/mol. The first kappa shape index (κ1) is 33.1.